The van der Waals surface area contributed by atoms with Crippen molar-refractivity contribution in [2.75, 3.05) is 20.2 Å². The largest absolute Gasteiger partial charge is 0.497 e. The Morgan fingerprint density at radius 3 is 2.59 bits per heavy atom. The van der Waals surface area contributed by atoms with Crippen LogP contribution in [0, 0.1) is 12.8 Å². The highest BCUT2D eigenvalue weighted by atomic mass is 16.5. The van der Waals surface area contributed by atoms with Crippen LogP contribution in [0.25, 0.3) is 0 Å². The number of aryl methyl sites for hydroxylation is 1. The maximum atomic E-state index is 13.0. The summed E-state index contributed by atoms with van der Waals surface area (Å²) in [6.45, 7) is 7.94. The Morgan fingerprint density at radius 1 is 1.26 bits per heavy atom. The van der Waals surface area contributed by atoms with Gasteiger partial charge in [0.05, 0.1) is 12.7 Å². The Bertz CT molecular complexity index is 869. The number of hydrogen-bond donors (Lipinski definition) is 3. The Labute approximate surface area is 204 Å². The van der Waals surface area contributed by atoms with Crippen LogP contribution in [0.2, 0.25) is 0 Å². The molecule has 3 rings (SSSR count). The van der Waals surface area contributed by atoms with Crippen LogP contribution in [0.15, 0.2) is 18.2 Å². The molecule has 34 heavy (non-hydrogen) atoms. The molecule has 1 saturated heterocycles. The number of nitrogens with two attached hydrogens (primary N) is 1. The number of likely N-dealkylation sites (tertiary alicyclic amines) is 1. The van der Waals surface area contributed by atoms with E-state index in [-0.39, 0.29) is 12.5 Å². The average molecular weight is 474 g/mol. The second-order valence-corrected chi connectivity index (χ2v) is 10.5. The first kappa shape index (κ1) is 26.5. The number of hydrogen-bond acceptors (Lipinski definition) is 5. The van der Waals surface area contributed by atoms with Crippen molar-refractivity contribution in [1.82, 2.24) is 10.2 Å². The number of piperidine rings is 1. The van der Waals surface area contributed by atoms with E-state index in [1.165, 1.54) is 32.1 Å². The van der Waals surface area contributed by atoms with E-state index < -0.39 is 23.0 Å². The highest BCUT2D eigenvalue weighted by molar-refractivity contribution is 5.94. The van der Waals surface area contributed by atoms with Crippen LogP contribution in [-0.4, -0.2) is 53.8 Å². The van der Waals surface area contributed by atoms with E-state index in [0.717, 1.165) is 30.6 Å². The second kappa shape index (κ2) is 11.1. The van der Waals surface area contributed by atoms with Gasteiger partial charge in [0, 0.05) is 24.4 Å². The van der Waals surface area contributed by atoms with Gasteiger partial charge < -0.3 is 15.6 Å². The Hall–Kier alpha value is -2.12. The molecule has 3 amide bonds. The van der Waals surface area contributed by atoms with Crippen molar-refractivity contribution in [2.45, 2.75) is 95.6 Å². The summed E-state index contributed by atoms with van der Waals surface area (Å²) >= 11 is 0. The van der Waals surface area contributed by atoms with Gasteiger partial charge in [0.1, 0.15) is 5.75 Å². The lowest BCUT2D eigenvalue weighted by Gasteiger charge is -2.58. The highest BCUT2D eigenvalue weighted by Gasteiger charge is 2.59. The van der Waals surface area contributed by atoms with Crippen molar-refractivity contribution < 1.29 is 19.4 Å². The first-order valence-corrected chi connectivity index (χ1v) is 12.9. The van der Waals surface area contributed by atoms with E-state index in [1.807, 2.05) is 25.1 Å². The minimum atomic E-state index is -1.17. The molecule has 190 valence electrons. The first-order valence-electron chi connectivity index (χ1n) is 12.9. The first-order chi connectivity index (χ1) is 16.2. The molecule has 2 fully saturated rings. The van der Waals surface area contributed by atoms with Crippen LogP contribution < -0.4 is 15.8 Å². The van der Waals surface area contributed by atoms with Gasteiger partial charge in [0.15, 0.2) is 0 Å². The molecule has 1 saturated carbocycles. The molecule has 3 unspecified atom stereocenters. The smallest absolute Gasteiger partial charge is 0.318 e. The number of methoxy groups -OCH3 is 1. The van der Waals surface area contributed by atoms with E-state index >= 15 is 0 Å². The second-order valence-electron chi connectivity index (χ2n) is 10.5. The van der Waals surface area contributed by atoms with Crippen molar-refractivity contribution in [3.8, 4) is 5.75 Å². The number of urea groups is 1. The normalized spacial score (nSPS) is 28.4. The molecule has 3 atom stereocenters. The molecule has 4 N–H and O–H groups in total. The molecule has 1 aliphatic carbocycles. The maximum absolute atomic E-state index is 13.0. The summed E-state index contributed by atoms with van der Waals surface area (Å²) in [5.74, 6) is 0.884. The number of aliphatic hydroxyl groups is 1. The molecule has 7 nitrogen and oxygen atoms in total. The van der Waals surface area contributed by atoms with E-state index in [9.17, 15) is 14.7 Å². The van der Waals surface area contributed by atoms with E-state index in [4.69, 9.17) is 10.5 Å². The van der Waals surface area contributed by atoms with Crippen LogP contribution in [0.1, 0.15) is 82.8 Å². The third-order valence-corrected chi connectivity index (χ3v) is 8.43. The molecule has 0 spiro atoms. The van der Waals surface area contributed by atoms with Crippen LogP contribution in [0.5, 0.6) is 5.75 Å². The molecular weight excluding hydrogens is 430 g/mol. The minimum Gasteiger partial charge on any atom is -0.497 e. The van der Waals surface area contributed by atoms with Crippen molar-refractivity contribution >= 4 is 11.9 Å². The van der Waals surface area contributed by atoms with E-state index in [2.05, 4.69) is 24.1 Å². The summed E-state index contributed by atoms with van der Waals surface area (Å²) < 4.78 is 5.53. The summed E-state index contributed by atoms with van der Waals surface area (Å²) in [5, 5.41) is 14.8. The van der Waals surface area contributed by atoms with E-state index in [1.54, 1.807) is 7.11 Å². The van der Waals surface area contributed by atoms with Gasteiger partial charge in [-0.2, -0.15) is 0 Å². The van der Waals surface area contributed by atoms with Gasteiger partial charge in [-0.3, -0.25) is 15.0 Å². The number of nitrogens with one attached hydrogen (secondary N) is 1. The topological polar surface area (TPSA) is 105 Å². The van der Waals surface area contributed by atoms with Crippen molar-refractivity contribution in [1.29, 1.82) is 0 Å². The van der Waals surface area contributed by atoms with Gasteiger partial charge in [0.2, 0.25) is 5.91 Å². The zero-order chi connectivity index (χ0) is 24.9. The quantitative estimate of drug-likeness (QED) is 0.529. The molecule has 1 aliphatic heterocycles. The molecule has 2 aliphatic rings. The number of benzene rings is 1. The fraction of sp³-hybridized carbons (Fsp3) is 0.704. The zero-order valence-corrected chi connectivity index (χ0v) is 21.4. The number of carbonyl (C=O) groups excluding carboxylic acids is 2. The minimum absolute atomic E-state index is 0.0118. The van der Waals surface area contributed by atoms with Gasteiger partial charge in [-0.15, -0.1) is 0 Å². The summed E-state index contributed by atoms with van der Waals surface area (Å²) in [5.41, 5.74) is 5.14. The number of imide groups is 1. The highest BCUT2D eigenvalue weighted by Crippen LogP contribution is 2.52. The fourth-order valence-corrected chi connectivity index (χ4v) is 6.63. The number of carbonyl (C=O) groups is 2. The lowest BCUT2D eigenvalue weighted by molar-refractivity contribution is -0.152. The zero-order valence-electron chi connectivity index (χ0n) is 21.4. The number of primary amides is 1. The molecule has 1 aromatic rings. The van der Waals surface area contributed by atoms with Gasteiger partial charge in [0.25, 0.3) is 0 Å². The van der Waals surface area contributed by atoms with Gasteiger partial charge in [-0.25, -0.2) is 4.79 Å². The monoisotopic (exact) mass is 473 g/mol. The predicted molar refractivity (Wildman–Crippen MR) is 134 cm³/mol. The van der Waals surface area contributed by atoms with E-state index in [0.29, 0.717) is 24.5 Å². The molecule has 1 aromatic carbocycles. The Kier molecular flexibility index (Phi) is 8.63. The Morgan fingerprint density at radius 2 is 1.97 bits per heavy atom. The van der Waals surface area contributed by atoms with Gasteiger partial charge in [-0.1, -0.05) is 38.7 Å². The van der Waals surface area contributed by atoms with Gasteiger partial charge >= 0.3 is 6.03 Å². The lowest BCUT2D eigenvalue weighted by Crippen LogP contribution is -2.69. The van der Waals surface area contributed by atoms with Crippen molar-refractivity contribution in [2.24, 2.45) is 11.7 Å². The molecular formula is C27H43N3O4. The van der Waals surface area contributed by atoms with Crippen LogP contribution in [-0.2, 0) is 10.2 Å². The number of rotatable bonds is 8. The maximum Gasteiger partial charge on any atom is 0.318 e. The Balaban J connectivity index is 2.07. The number of ether oxygens (including phenoxy) is 1. The number of amides is 3. The third-order valence-electron chi connectivity index (χ3n) is 8.43. The average Bonchev–Trinajstić information content (AvgIpc) is 2.80. The summed E-state index contributed by atoms with van der Waals surface area (Å²) in [6, 6.07) is 4.82. The number of nitrogens with zero attached hydrogens (tertiary/aromatic N) is 1. The van der Waals surface area contributed by atoms with Gasteiger partial charge in [-0.05, 0) is 75.3 Å². The molecule has 7 heteroatoms. The predicted octanol–water partition coefficient (Wildman–Crippen LogP) is 4.03. The lowest BCUT2D eigenvalue weighted by atomic mass is 9.56. The molecule has 1 heterocycles. The standard InChI is InChI=1S/C27H43N3O4/c1-5-13-27(33)20(3)30(18-21-9-7-6-8-10-21)15-14-26(27,17-24(31)29-25(28)32)23-16-22(34-4)12-11-19(23)2/h11-12,16,20-21,33H,5-10,13-15,17-18H2,1-4H3,(H3,28,29,31,32). The van der Waals surface area contributed by atoms with Crippen LogP contribution in [0.4, 0.5) is 4.79 Å². The van der Waals surface area contributed by atoms with Crippen molar-refractivity contribution in [3.05, 3.63) is 29.3 Å². The van der Waals surface area contributed by atoms with Crippen LogP contribution >= 0.6 is 0 Å². The van der Waals surface area contributed by atoms with Crippen LogP contribution in [0.3, 0.4) is 0 Å². The summed E-state index contributed by atoms with van der Waals surface area (Å²) in [7, 11) is 1.62. The molecule has 0 radical (unpaired) electrons. The summed E-state index contributed by atoms with van der Waals surface area (Å²) in [4.78, 5) is 26.9. The molecule has 0 bridgehead atoms. The van der Waals surface area contributed by atoms with Crippen molar-refractivity contribution in [3.63, 3.8) is 0 Å². The SMILES string of the molecule is CCCC1(O)C(C)N(CC2CCCCC2)CCC1(CC(=O)NC(N)=O)c1cc(OC)ccc1C. The fourth-order valence-electron chi connectivity index (χ4n) is 6.63. The summed E-state index contributed by atoms with van der Waals surface area (Å²) in [6.07, 6.45) is 8.31. The molecule has 0 aromatic heterocycles. The third kappa shape index (κ3) is 5.25.